The van der Waals surface area contributed by atoms with E-state index in [0.717, 1.165) is 0 Å². The Balaban J connectivity index is 1.47. The third kappa shape index (κ3) is 4.80. The number of rotatable bonds is 5. The first-order chi connectivity index (χ1) is 12.1. The average molecular weight is 344 g/mol. The maximum absolute atomic E-state index is 13.2. The lowest BCUT2D eigenvalue weighted by Crippen LogP contribution is -2.40. The highest BCUT2D eigenvalue weighted by molar-refractivity contribution is 5.90. The van der Waals surface area contributed by atoms with Crippen molar-refractivity contribution in [3.05, 3.63) is 54.1 Å². The standard InChI is InChI=1S/C18H21FN4O2/c19-15-4-1-3-14(11-15)16(24)12-23-9-5-13(6-10-23)17(25)22-18-20-7-2-8-21-18/h1-4,7-8,11,13,16,24H,5-6,9-10,12H2,(H,20,21,22,25). The van der Waals surface area contributed by atoms with E-state index in [2.05, 4.69) is 20.2 Å². The van der Waals surface area contributed by atoms with E-state index in [1.54, 1.807) is 30.6 Å². The number of anilines is 1. The van der Waals surface area contributed by atoms with Crippen LogP contribution in [0.2, 0.25) is 0 Å². The predicted molar refractivity (Wildman–Crippen MR) is 91.2 cm³/mol. The second-order valence-electron chi connectivity index (χ2n) is 6.21. The molecule has 1 aliphatic heterocycles. The van der Waals surface area contributed by atoms with Crippen molar-refractivity contribution in [3.63, 3.8) is 0 Å². The van der Waals surface area contributed by atoms with Crippen molar-refractivity contribution in [1.29, 1.82) is 0 Å². The minimum Gasteiger partial charge on any atom is -0.387 e. The summed E-state index contributed by atoms with van der Waals surface area (Å²) in [6.45, 7) is 1.85. The number of piperidine rings is 1. The zero-order valence-electron chi connectivity index (χ0n) is 13.8. The second-order valence-corrected chi connectivity index (χ2v) is 6.21. The summed E-state index contributed by atoms with van der Waals surface area (Å²) in [5, 5.41) is 13.0. The van der Waals surface area contributed by atoms with Crippen molar-refractivity contribution in [2.45, 2.75) is 18.9 Å². The highest BCUT2D eigenvalue weighted by atomic mass is 19.1. The molecule has 1 aliphatic rings. The molecule has 2 aromatic rings. The first kappa shape index (κ1) is 17.4. The topological polar surface area (TPSA) is 78.4 Å². The van der Waals surface area contributed by atoms with Gasteiger partial charge in [0.05, 0.1) is 6.10 Å². The van der Waals surface area contributed by atoms with Crippen LogP contribution in [0.4, 0.5) is 10.3 Å². The fourth-order valence-corrected chi connectivity index (χ4v) is 3.02. The number of aliphatic hydroxyl groups is 1. The maximum Gasteiger partial charge on any atom is 0.229 e. The van der Waals surface area contributed by atoms with E-state index in [9.17, 15) is 14.3 Å². The molecule has 2 N–H and O–H groups in total. The summed E-state index contributed by atoms with van der Waals surface area (Å²) in [5.41, 5.74) is 0.570. The fraction of sp³-hybridized carbons (Fsp3) is 0.389. The van der Waals surface area contributed by atoms with E-state index >= 15 is 0 Å². The molecule has 0 saturated carbocycles. The van der Waals surface area contributed by atoms with Crippen LogP contribution < -0.4 is 5.32 Å². The number of aromatic nitrogens is 2. The number of β-amino-alcohol motifs (C(OH)–C–C–N with tert-alkyl or cyclic N) is 1. The van der Waals surface area contributed by atoms with E-state index < -0.39 is 6.10 Å². The number of nitrogens with zero attached hydrogens (tertiary/aromatic N) is 3. The summed E-state index contributed by atoms with van der Waals surface area (Å²) in [6, 6.07) is 7.71. The SMILES string of the molecule is O=C(Nc1ncccn1)C1CCN(CC(O)c2cccc(F)c2)CC1. The molecule has 1 unspecified atom stereocenters. The molecule has 0 radical (unpaired) electrons. The summed E-state index contributed by atoms with van der Waals surface area (Å²) < 4.78 is 13.2. The van der Waals surface area contributed by atoms with Crippen LogP contribution in [-0.2, 0) is 4.79 Å². The Bertz CT molecular complexity index is 705. The van der Waals surface area contributed by atoms with Gasteiger partial charge in [-0.1, -0.05) is 12.1 Å². The quantitative estimate of drug-likeness (QED) is 0.867. The van der Waals surface area contributed by atoms with Crippen molar-refractivity contribution < 1.29 is 14.3 Å². The Kier molecular flexibility index (Phi) is 5.67. The summed E-state index contributed by atoms with van der Waals surface area (Å²) in [5.74, 6) is -0.200. The summed E-state index contributed by atoms with van der Waals surface area (Å²) in [7, 11) is 0. The van der Waals surface area contributed by atoms with Gasteiger partial charge in [0.2, 0.25) is 11.9 Å². The lowest BCUT2D eigenvalue weighted by molar-refractivity contribution is -0.121. The molecule has 132 valence electrons. The van der Waals surface area contributed by atoms with Crippen molar-refractivity contribution in [3.8, 4) is 0 Å². The summed E-state index contributed by atoms with van der Waals surface area (Å²) >= 11 is 0. The van der Waals surface area contributed by atoms with Crippen LogP contribution in [0.25, 0.3) is 0 Å². The number of likely N-dealkylation sites (tertiary alicyclic amines) is 1. The van der Waals surface area contributed by atoms with Crippen LogP contribution in [0.1, 0.15) is 24.5 Å². The minimum absolute atomic E-state index is 0.0727. The first-order valence-electron chi connectivity index (χ1n) is 8.35. The molecule has 3 rings (SSSR count). The molecular weight excluding hydrogens is 323 g/mol. The number of carbonyl (C=O) groups is 1. The normalized spacial score (nSPS) is 17.2. The highest BCUT2D eigenvalue weighted by Gasteiger charge is 2.26. The van der Waals surface area contributed by atoms with Gasteiger partial charge in [0.1, 0.15) is 5.82 Å². The van der Waals surface area contributed by atoms with Crippen LogP contribution in [0.5, 0.6) is 0 Å². The number of amides is 1. The predicted octanol–water partition coefficient (Wildman–Crippen LogP) is 2.00. The van der Waals surface area contributed by atoms with Gasteiger partial charge in [-0.3, -0.25) is 10.1 Å². The summed E-state index contributed by atoms with van der Waals surface area (Å²) in [6.07, 6.45) is 3.83. The van der Waals surface area contributed by atoms with Crippen molar-refractivity contribution in [1.82, 2.24) is 14.9 Å². The zero-order chi connectivity index (χ0) is 17.6. The van der Waals surface area contributed by atoms with Gasteiger partial charge in [0.15, 0.2) is 0 Å². The van der Waals surface area contributed by atoms with Gasteiger partial charge in [-0.05, 0) is 49.7 Å². The number of nitrogens with one attached hydrogen (secondary N) is 1. The maximum atomic E-state index is 13.2. The van der Waals surface area contributed by atoms with Gasteiger partial charge in [-0.25, -0.2) is 14.4 Å². The first-order valence-corrected chi connectivity index (χ1v) is 8.35. The van der Waals surface area contributed by atoms with Crippen LogP contribution in [0, 0.1) is 11.7 Å². The number of hydrogen-bond donors (Lipinski definition) is 2. The van der Waals surface area contributed by atoms with Crippen LogP contribution in [0.15, 0.2) is 42.7 Å². The fourth-order valence-electron chi connectivity index (χ4n) is 3.02. The van der Waals surface area contributed by atoms with Crippen molar-refractivity contribution >= 4 is 11.9 Å². The monoisotopic (exact) mass is 344 g/mol. The summed E-state index contributed by atoms with van der Waals surface area (Å²) in [4.78, 5) is 22.3. The Labute approximate surface area is 145 Å². The lowest BCUT2D eigenvalue weighted by Gasteiger charge is -2.32. The van der Waals surface area contributed by atoms with E-state index in [1.165, 1.54) is 12.1 Å². The molecule has 1 atom stereocenters. The smallest absolute Gasteiger partial charge is 0.229 e. The molecule has 0 bridgehead atoms. The molecule has 1 amide bonds. The number of hydrogen-bond acceptors (Lipinski definition) is 5. The molecule has 1 saturated heterocycles. The number of aliphatic hydroxyl groups excluding tert-OH is 1. The Morgan fingerprint density at radius 2 is 2.00 bits per heavy atom. The van der Waals surface area contributed by atoms with Gasteiger partial charge in [0.25, 0.3) is 0 Å². The molecule has 7 heteroatoms. The van der Waals surface area contributed by atoms with Gasteiger partial charge in [-0.15, -0.1) is 0 Å². The Morgan fingerprint density at radius 1 is 1.28 bits per heavy atom. The minimum atomic E-state index is -0.737. The lowest BCUT2D eigenvalue weighted by atomic mass is 9.95. The third-order valence-corrected chi connectivity index (χ3v) is 4.42. The van der Waals surface area contributed by atoms with Gasteiger partial charge in [0, 0.05) is 24.9 Å². The van der Waals surface area contributed by atoms with Gasteiger partial charge >= 0.3 is 0 Å². The van der Waals surface area contributed by atoms with Gasteiger partial charge in [-0.2, -0.15) is 0 Å². The largest absolute Gasteiger partial charge is 0.387 e. The number of benzene rings is 1. The molecule has 1 fully saturated rings. The molecule has 1 aromatic carbocycles. The molecule has 1 aromatic heterocycles. The van der Waals surface area contributed by atoms with E-state index in [1.807, 2.05) is 0 Å². The molecule has 2 heterocycles. The highest BCUT2D eigenvalue weighted by Crippen LogP contribution is 2.22. The molecule has 0 spiro atoms. The van der Waals surface area contributed by atoms with Crippen LogP contribution >= 0.6 is 0 Å². The van der Waals surface area contributed by atoms with Crippen molar-refractivity contribution in [2.24, 2.45) is 5.92 Å². The number of halogens is 1. The molecule has 6 nitrogen and oxygen atoms in total. The second kappa shape index (κ2) is 8.13. The van der Waals surface area contributed by atoms with Gasteiger partial charge < -0.3 is 10.0 Å². The van der Waals surface area contributed by atoms with Crippen molar-refractivity contribution in [2.75, 3.05) is 25.0 Å². The molecule has 0 aliphatic carbocycles. The zero-order valence-corrected chi connectivity index (χ0v) is 13.8. The third-order valence-electron chi connectivity index (χ3n) is 4.42. The van der Waals surface area contributed by atoms with E-state index in [-0.39, 0.29) is 17.6 Å². The van der Waals surface area contributed by atoms with E-state index in [4.69, 9.17) is 0 Å². The van der Waals surface area contributed by atoms with Crippen LogP contribution in [0.3, 0.4) is 0 Å². The Hall–Kier alpha value is -2.38. The Morgan fingerprint density at radius 3 is 2.68 bits per heavy atom. The van der Waals surface area contributed by atoms with Crippen LogP contribution in [-0.4, -0.2) is 45.5 Å². The molecular formula is C18H21FN4O2. The molecule has 25 heavy (non-hydrogen) atoms. The number of carbonyl (C=O) groups excluding carboxylic acids is 1. The van der Waals surface area contributed by atoms with E-state index in [0.29, 0.717) is 44.0 Å². The average Bonchev–Trinajstić information content (AvgIpc) is 2.63.